The number of fused-ring (bicyclic) bond motifs is 2. The van der Waals surface area contributed by atoms with Crippen LogP contribution in [0.1, 0.15) is 65.3 Å². The van der Waals surface area contributed by atoms with Gasteiger partial charge in [0.05, 0.1) is 27.6 Å². The third-order valence-corrected chi connectivity index (χ3v) is 9.73. The van der Waals surface area contributed by atoms with E-state index in [2.05, 4.69) is 17.1 Å². The lowest BCUT2D eigenvalue weighted by Gasteiger charge is -2.35. The van der Waals surface area contributed by atoms with Gasteiger partial charge in [0.15, 0.2) is 0 Å². The average molecular weight is 564 g/mol. The second kappa shape index (κ2) is 11.9. The Morgan fingerprint density at radius 2 is 1.80 bits per heavy atom. The molecular weight excluding hydrogens is 529 g/mol. The first-order valence-corrected chi connectivity index (χ1v) is 15.3. The summed E-state index contributed by atoms with van der Waals surface area (Å²) >= 11 is 0. The zero-order chi connectivity index (χ0) is 28.3. The van der Waals surface area contributed by atoms with Gasteiger partial charge >= 0.3 is 0 Å². The molecular formula is C31H34FN3O4S. The molecule has 0 aromatic heterocycles. The van der Waals surface area contributed by atoms with Crippen LogP contribution in [0.5, 0.6) is 0 Å². The number of rotatable bonds is 8. The van der Waals surface area contributed by atoms with Crippen molar-refractivity contribution >= 4 is 27.3 Å². The quantitative estimate of drug-likeness (QED) is 0.381. The van der Waals surface area contributed by atoms with Crippen molar-refractivity contribution in [3.05, 3.63) is 89.2 Å². The summed E-state index contributed by atoms with van der Waals surface area (Å²) in [6.07, 6.45) is 5.60. The summed E-state index contributed by atoms with van der Waals surface area (Å²) in [6, 6.07) is 16.9. The first kappa shape index (κ1) is 28.0. The van der Waals surface area contributed by atoms with Gasteiger partial charge in [-0.2, -0.15) is 0 Å². The molecule has 7 nitrogen and oxygen atoms in total. The molecule has 0 aliphatic carbocycles. The second-order valence-corrected chi connectivity index (χ2v) is 12.3. The smallest absolute Gasteiger partial charge is 0.259 e. The van der Waals surface area contributed by atoms with Gasteiger partial charge in [-0.1, -0.05) is 43.7 Å². The maximum atomic E-state index is 14.6. The summed E-state index contributed by atoms with van der Waals surface area (Å²) in [6.45, 7) is 4.48. The number of carbonyl (C=O) groups excluding carboxylic acids is 2. The van der Waals surface area contributed by atoms with Gasteiger partial charge in [-0.15, -0.1) is 0 Å². The van der Waals surface area contributed by atoms with E-state index in [0.717, 1.165) is 25.9 Å². The van der Waals surface area contributed by atoms with Crippen molar-refractivity contribution in [3.8, 4) is 0 Å². The molecule has 1 N–H and O–H groups in total. The number of nitrogens with zero attached hydrogens (tertiary/aromatic N) is 2. The number of amides is 2. The Kier molecular flexibility index (Phi) is 8.32. The van der Waals surface area contributed by atoms with E-state index in [4.69, 9.17) is 0 Å². The van der Waals surface area contributed by atoms with E-state index in [1.54, 1.807) is 30.3 Å². The SMILES string of the molecule is CC[C@@H]1CCCCN1CCCNC(=O)c1ccc2c(c1)N(Cc1ccccc1F)C(=O)c1ccccc1S2(=O)=O. The normalized spacial score (nSPS) is 18.5. The Hall–Kier alpha value is -3.56. The molecule has 0 unspecified atom stereocenters. The molecule has 2 aliphatic heterocycles. The summed E-state index contributed by atoms with van der Waals surface area (Å²) in [7, 11) is -4.08. The molecule has 3 aromatic rings. The summed E-state index contributed by atoms with van der Waals surface area (Å²) < 4.78 is 42.0. The number of hydrogen-bond acceptors (Lipinski definition) is 5. The van der Waals surface area contributed by atoms with E-state index in [0.29, 0.717) is 12.6 Å². The molecule has 1 atom stereocenters. The van der Waals surface area contributed by atoms with E-state index in [-0.39, 0.29) is 44.6 Å². The van der Waals surface area contributed by atoms with Gasteiger partial charge in [-0.05, 0) is 68.6 Å². The molecule has 40 heavy (non-hydrogen) atoms. The van der Waals surface area contributed by atoms with Gasteiger partial charge in [-0.3, -0.25) is 9.59 Å². The standard InChI is InChI=1S/C31H34FN3O4S/c1-2-24-11-7-8-18-34(24)19-9-17-33-30(36)22-15-16-29-27(20-22)35(21-23-10-3-5-13-26(23)32)31(37)25-12-4-6-14-28(25)40(29,38)39/h3-6,10,12-16,20,24H,2,7-9,11,17-19,21H2,1H3,(H,33,36)/t24-/m1/s1. The van der Waals surface area contributed by atoms with E-state index < -0.39 is 21.6 Å². The third-order valence-electron chi connectivity index (χ3n) is 7.87. The van der Waals surface area contributed by atoms with Crippen molar-refractivity contribution in [1.29, 1.82) is 0 Å². The summed E-state index contributed by atoms with van der Waals surface area (Å²) in [4.78, 5) is 30.4. The van der Waals surface area contributed by atoms with Crippen LogP contribution in [0, 0.1) is 5.82 Å². The summed E-state index contributed by atoms with van der Waals surface area (Å²) in [5.74, 6) is -1.44. The van der Waals surface area contributed by atoms with E-state index in [1.807, 2.05) is 0 Å². The Labute approximate surface area is 234 Å². The Bertz CT molecular complexity index is 1520. The number of halogens is 1. The monoisotopic (exact) mass is 563 g/mol. The number of hydrogen-bond donors (Lipinski definition) is 1. The number of carbonyl (C=O) groups is 2. The van der Waals surface area contributed by atoms with Crippen LogP contribution in [0.4, 0.5) is 10.1 Å². The molecule has 1 saturated heterocycles. The van der Waals surface area contributed by atoms with Crippen molar-refractivity contribution in [3.63, 3.8) is 0 Å². The van der Waals surface area contributed by atoms with Crippen LogP contribution in [-0.2, 0) is 16.4 Å². The fraction of sp³-hybridized carbons (Fsp3) is 0.355. The first-order valence-electron chi connectivity index (χ1n) is 13.9. The number of likely N-dealkylation sites (tertiary alicyclic amines) is 1. The van der Waals surface area contributed by atoms with Crippen molar-refractivity contribution in [2.45, 2.75) is 61.4 Å². The van der Waals surface area contributed by atoms with Gasteiger partial charge < -0.3 is 15.1 Å². The first-order chi connectivity index (χ1) is 19.3. The van der Waals surface area contributed by atoms with Gasteiger partial charge in [0.2, 0.25) is 9.84 Å². The van der Waals surface area contributed by atoms with E-state index in [1.165, 1.54) is 60.6 Å². The van der Waals surface area contributed by atoms with Crippen LogP contribution in [0.2, 0.25) is 0 Å². The Morgan fingerprint density at radius 1 is 1.02 bits per heavy atom. The minimum absolute atomic E-state index is 0.00383. The van der Waals surface area contributed by atoms with Crippen LogP contribution in [0.15, 0.2) is 76.5 Å². The lowest BCUT2D eigenvalue weighted by Crippen LogP contribution is -2.40. The molecule has 0 radical (unpaired) electrons. The molecule has 3 aromatic carbocycles. The molecule has 0 spiro atoms. The van der Waals surface area contributed by atoms with Crippen molar-refractivity contribution in [2.75, 3.05) is 24.5 Å². The lowest BCUT2D eigenvalue weighted by molar-refractivity contribution is 0.0944. The van der Waals surface area contributed by atoms with E-state index in [9.17, 15) is 22.4 Å². The second-order valence-electron chi connectivity index (χ2n) is 10.4. The topological polar surface area (TPSA) is 86.8 Å². The molecule has 1 fully saturated rings. The van der Waals surface area contributed by atoms with Gasteiger partial charge in [-0.25, -0.2) is 12.8 Å². The van der Waals surface area contributed by atoms with Crippen LogP contribution in [-0.4, -0.2) is 50.8 Å². The van der Waals surface area contributed by atoms with Crippen molar-refractivity contribution < 1.29 is 22.4 Å². The van der Waals surface area contributed by atoms with Crippen molar-refractivity contribution in [1.82, 2.24) is 10.2 Å². The van der Waals surface area contributed by atoms with E-state index >= 15 is 0 Å². The molecule has 2 aliphatic rings. The summed E-state index contributed by atoms with van der Waals surface area (Å²) in [5.41, 5.74) is 0.521. The summed E-state index contributed by atoms with van der Waals surface area (Å²) in [5, 5.41) is 2.94. The van der Waals surface area contributed by atoms with Gasteiger partial charge in [0.1, 0.15) is 5.82 Å². The highest BCUT2D eigenvalue weighted by Gasteiger charge is 2.36. The minimum Gasteiger partial charge on any atom is -0.352 e. The molecule has 9 heteroatoms. The highest BCUT2D eigenvalue weighted by atomic mass is 32.2. The number of nitrogens with one attached hydrogen (secondary N) is 1. The fourth-order valence-electron chi connectivity index (χ4n) is 5.70. The molecule has 0 saturated carbocycles. The van der Waals surface area contributed by atoms with Gasteiger partial charge in [0, 0.05) is 30.3 Å². The third kappa shape index (κ3) is 5.53. The Balaban J connectivity index is 1.42. The Morgan fingerprint density at radius 3 is 2.60 bits per heavy atom. The molecule has 0 bridgehead atoms. The number of piperidine rings is 1. The van der Waals surface area contributed by atoms with Crippen LogP contribution >= 0.6 is 0 Å². The highest BCUT2D eigenvalue weighted by Crippen LogP contribution is 2.38. The molecule has 2 heterocycles. The fourth-order valence-corrected chi connectivity index (χ4v) is 7.34. The number of benzene rings is 3. The average Bonchev–Trinajstić information content (AvgIpc) is 3.04. The predicted molar refractivity (Wildman–Crippen MR) is 152 cm³/mol. The molecule has 210 valence electrons. The minimum atomic E-state index is -4.08. The predicted octanol–water partition coefficient (Wildman–Crippen LogP) is 5.20. The van der Waals surface area contributed by atoms with Crippen LogP contribution in [0.25, 0.3) is 0 Å². The largest absolute Gasteiger partial charge is 0.352 e. The maximum absolute atomic E-state index is 14.6. The number of sulfone groups is 1. The number of anilines is 1. The van der Waals surface area contributed by atoms with Crippen LogP contribution < -0.4 is 10.2 Å². The van der Waals surface area contributed by atoms with Gasteiger partial charge in [0.25, 0.3) is 11.8 Å². The zero-order valence-electron chi connectivity index (χ0n) is 22.6. The van der Waals surface area contributed by atoms with Crippen LogP contribution in [0.3, 0.4) is 0 Å². The maximum Gasteiger partial charge on any atom is 0.259 e. The molecule has 2 amide bonds. The molecule has 5 rings (SSSR count). The lowest BCUT2D eigenvalue weighted by atomic mass is 10.00. The van der Waals surface area contributed by atoms with Crippen molar-refractivity contribution in [2.24, 2.45) is 0 Å². The highest BCUT2D eigenvalue weighted by molar-refractivity contribution is 7.91. The zero-order valence-corrected chi connectivity index (χ0v) is 23.4.